The van der Waals surface area contributed by atoms with Crippen LogP contribution in [0.15, 0.2) is 47.5 Å². The number of piperidine rings is 2. The van der Waals surface area contributed by atoms with E-state index >= 15 is 0 Å². The molecule has 1 amide bonds. The van der Waals surface area contributed by atoms with Gasteiger partial charge in [0.05, 0.1) is 18.1 Å². The third-order valence-electron chi connectivity index (χ3n) is 7.34. The number of ether oxygens (including phenoxy) is 1. The van der Waals surface area contributed by atoms with Crippen molar-refractivity contribution in [2.45, 2.75) is 30.8 Å². The summed E-state index contributed by atoms with van der Waals surface area (Å²) in [5.74, 6) is 0.950. The molecule has 180 valence electrons. The highest BCUT2D eigenvalue weighted by molar-refractivity contribution is 5.80. The molecule has 0 spiro atoms. The maximum atomic E-state index is 13.5. The van der Waals surface area contributed by atoms with Crippen LogP contribution in [0.4, 0.5) is 0 Å². The molecule has 34 heavy (non-hydrogen) atoms. The van der Waals surface area contributed by atoms with Crippen molar-refractivity contribution in [1.82, 2.24) is 20.1 Å². The number of aliphatic hydroxyl groups is 1. The second-order valence-electron chi connectivity index (χ2n) is 9.60. The molecule has 0 unspecified atom stereocenters. The Hall–Kier alpha value is -2.97. The fourth-order valence-electron chi connectivity index (χ4n) is 5.39. The fourth-order valence-corrected chi connectivity index (χ4v) is 5.39. The van der Waals surface area contributed by atoms with Crippen molar-refractivity contribution in [2.75, 3.05) is 46.5 Å². The summed E-state index contributed by atoms with van der Waals surface area (Å²) in [6.45, 7) is 3.80. The van der Waals surface area contributed by atoms with E-state index in [1.54, 1.807) is 13.2 Å². The van der Waals surface area contributed by atoms with Crippen LogP contribution in [0, 0.1) is 5.92 Å². The van der Waals surface area contributed by atoms with Gasteiger partial charge in [0, 0.05) is 50.3 Å². The standard InChI is InChI=1S/C26H33N5O3/c1-34-24-8-7-22-23(29-24)16-30(18-28-22)17-26(33)10-13-31(14-11-26)25(32)20-9-12-27-15-21(20)19-5-3-2-4-6-19/h2-8,16,20-21,27,33H,9-15,17-18H2,1H3/t20-,21+/m1/s1. The van der Waals surface area contributed by atoms with E-state index in [1.807, 2.05) is 40.3 Å². The van der Waals surface area contributed by atoms with Gasteiger partial charge in [-0.2, -0.15) is 0 Å². The number of nitrogens with zero attached hydrogens (tertiary/aromatic N) is 4. The minimum absolute atomic E-state index is 0.0124. The van der Waals surface area contributed by atoms with Crippen molar-refractivity contribution in [2.24, 2.45) is 10.9 Å². The van der Waals surface area contributed by atoms with E-state index in [4.69, 9.17) is 4.74 Å². The molecule has 0 saturated carbocycles. The van der Waals surface area contributed by atoms with Gasteiger partial charge in [0.1, 0.15) is 12.0 Å². The Labute approximate surface area is 200 Å². The smallest absolute Gasteiger partial charge is 0.226 e. The first-order valence-corrected chi connectivity index (χ1v) is 12.1. The second kappa shape index (κ2) is 9.72. The molecule has 8 nitrogen and oxygen atoms in total. The third-order valence-corrected chi connectivity index (χ3v) is 7.34. The normalized spacial score (nSPS) is 23.9. The SMILES string of the molecule is COc1ccc2c(n1)=CN(CC1(O)CCN(C(=O)[C@@H]3CCNC[C@H]3c3ccccc3)CC1)CN=2. The van der Waals surface area contributed by atoms with Crippen LogP contribution in [0.3, 0.4) is 0 Å². The Balaban J connectivity index is 1.22. The van der Waals surface area contributed by atoms with Crippen LogP contribution in [0.2, 0.25) is 0 Å². The van der Waals surface area contributed by atoms with Gasteiger partial charge in [-0.25, -0.2) is 4.98 Å². The predicted molar refractivity (Wildman–Crippen MR) is 129 cm³/mol. The average molecular weight is 464 g/mol. The molecule has 0 aliphatic carbocycles. The Morgan fingerprint density at radius 2 is 2.00 bits per heavy atom. The molecule has 2 fully saturated rings. The van der Waals surface area contributed by atoms with Gasteiger partial charge in [-0.1, -0.05) is 30.3 Å². The van der Waals surface area contributed by atoms with Crippen molar-refractivity contribution in [3.05, 3.63) is 58.7 Å². The summed E-state index contributed by atoms with van der Waals surface area (Å²) in [5, 5.41) is 16.4. The van der Waals surface area contributed by atoms with E-state index in [0.29, 0.717) is 45.0 Å². The molecule has 8 heteroatoms. The van der Waals surface area contributed by atoms with Gasteiger partial charge in [0.25, 0.3) is 0 Å². The Bertz CT molecular complexity index is 1130. The van der Waals surface area contributed by atoms with E-state index in [2.05, 4.69) is 27.4 Å². The maximum absolute atomic E-state index is 13.5. The maximum Gasteiger partial charge on any atom is 0.226 e. The summed E-state index contributed by atoms with van der Waals surface area (Å²) in [6.07, 6.45) is 3.91. The number of hydrogen-bond acceptors (Lipinski definition) is 7. The van der Waals surface area contributed by atoms with Crippen LogP contribution in [-0.4, -0.2) is 77.9 Å². The number of carbonyl (C=O) groups is 1. The van der Waals surface area contributed by atoms with Crippen molar-refractivity contribution in [3.8, 4) is 5.88 Å². The number of nitrogens with one attached hydrogen (secondary N) is 1. The molecule has 3 aliphatic heterocycles. The molecular formula is C26H33N5O3. The summed E-state index contributed by atoms with van der Waals surface area (Å²) in [6, 6.07) is 14.0. The topological polar surface area (TPSA) is 90.3 Å². The number of methoxy groups -OCH3 is 1. The molecule has 2 N–H and O–H groups in total. The third kappa shape index (κ3) is 4.79. The highest BCUT2D eigenvalue weighted by Crippen LogP contribution is 2.33. The number of β-amino-alcohol motifs (C(OH)–C–C–N with tert-alkyl or cyclic N) is 1. The number of rotatable bonds is 5. The molecule has 1 aromatic heterocycles. The highest BCUT2D eigenvalue weighted by atomic mass is 16.5. The van der Waals surface area contributed by atoms with Crippen LogP contribution in [-0.2, 0) is 4.79 Å². The minimum Gasteiger partial charge on any atom is -0.481 e. The first-order chi connectivity index (χ1) is 16.5. The van der Waals surface area contributed by atoms with Gasteiger partial charge in [-0.05, 0) is 37.4 Å². The predicted octanol–water partition coefficient (Wildman–Crippen LogP) is 0.468. The summed E-state index contributed by atoms with van der Waals surface area (Å²) in [7, 11) is 1.59. The van der Waals surface area contributed by atoms with E-state index in [1.165, 1.54) is 5.56 Å². The molecule has 0 radical (unpaired) electrons. The average Bonchev–Trinajstić information content (AvgIpc) is 2.88. The van der Waals surface area contributed by atoms with Gasteiger partial charge in [-0.15, -0.1) is 0 Å². The Morgan fingerprint density at radius 3 is 2.76 bits per heavy atom. The molecule has 2 saturated heterocycles. The first kappa shape index (κ1) is 22.8. The lowest BCUT2D eigenvalue weighted by molar-refractivity contribution is -0.141. The second-order valence-corrected chi connectivity index (χ2v) is 9.60. The van der Waals surface area contributed by atoms with Crippen LogP contribution < -0.4 is 20.8 Å². The van der Waals surface area contributed by atoms with E-state index in [0.717, 1.165) is 30.2 Å². The number of aromatic nitrogens is 1. The van der Waals surface area contributed by atoms with E-state index < -0.39 is 5.60 Å². The Kier molecular flexibility index (Phi) is 6.52. The molecule has 4 heterocycles. The number of likely N-dealkylation sites (tertiary alicyclic amines) is 1. The molecule has 1 aromatic carbocycles. The number of pyridine rings is 1. The van der Waals surface area contributed by atoms with Gasteiger partial charge in [0.2, 0.25) is 11.8 Å². The van der Waals surface area contributed by atoms with Crippen molar-refractivity contribution in [3.63, 3.8) is 0 Å². The number of hydrogen-bond donors (Lipinski definition) is 2. The molecule has 3 aliphatic rings. The van der Waals surface area contributed by atoms with Crippen LogP contribution in [0.5, 0.6) is 5.88 Å². The highest BCUT2D eigenvalue weighted by Gasteiger charge is 2.39. The van der Waals surface area contributed by atoms with Gasteiger partial charge >= 0.3 is 0 Å². The van der Waals surface area contributed by atoms with Crippen LogP contribution in [0.1, 0.15) is 30.7 Å². The lowest BCUT2D eigenvalue weighted by Crippen LogP contribution is -2.54. The zero-order valence-corrected chi connectivity index (χ0v) is 19.7. The number of benzene rings is 1. The number of amides is 1. The summed E-state index contributed by atoms with van der Waals surface area (Å²) in [5.41, 5.74) is 0.364. The number of fused-ring (bicyclic) bond motifs is 1. The van der Waals surface area contributed by atoms with Crippen LogP contribution >= 0.6 is 0 Å². The quantitative estimate of drug-likeness (QED) is 0.670. The summed E-state index contributed by atoms with van der Waals surface area (Å²) >= 11 is 0. The van der Waals surface area contributed by atoms with E-state index in [9.17, 15) is 9.90 Å². The zero-order chi connectivity index (χ0) is 23.5. The minimum atomic E-state index is -0.855. The lowest BCUT2D eigenvalue weighted by Gasteiger charge is -2.43. The van der Waals surface area contributed by atoms with Gasteiger partial charge in [-0.3, -0.25) is 9.79 Å². The fraction of sp³-hybridized carbons (Fsp3) is 0.500. The molecular weight excluding hydrogens is 430 g/mol. The van der Waals surface area contributed by atoms with Crippen LogP contribution in [0.25, 0.3) is 6.20 Å². The first-order valence-electron chi connectivity index (χ1n) is 12.1. The van der Waals surface area contributed by atoms with Crippen molar-refractivity contribution in [1.29, 1.82) is 0 Å². The monoisotopic (exact) mass is 463 g/mol. The molecule has 5 rings (SSSR count). The Morgan fingerprint density at radius 1 is 1.21 bits per heavy atom. The lowest BCUT2D eigenvalue weighted by atomic mass is 9.80. The van der Waals surface area contributed by atoms with Crippen molar-refractivity contribution < 1.29 is 14.6 Å². The van der Waals surface area contributed by atoms with E-state index in [-0.39, 0.29) is 17.7 Å². The number of carbonyl (C=O) groups excluding carboxylic acids is 1. The molecule has 0 bridgehead atoms. The van der Waals surface area contributed by atoms with Crippen molar-refractivity contribution >= 4 is 12.1 Å². The zero-order valence-electron chi connectivity index (χ0n) is 19.7. The summed E-state index contributed by atoms with van der Waals surface area (Å²) < 4.78 is 5.22. The molecule has 2 aromatic rings. The summed E-state index contributed by atoms with van der Waals surface area (Å²) in [4.78, 5) is 26.5. The van der Waals surface area contributed by atoms with Gasteiger partial charge < -0.3 is 25.0 Å². The molecule has 2 atom stereocenters. The largest absolute Gasteiger partial charge is 0.481 e. The van der Waals surface area contributed by atoms with Gasteiger partial charge in [0.15, 0.2) is 0 Å².